The quantitative estimate of drug-likeness (QED) is 0.571. The van der Waals surface area contributed by atoms with Crippen LogP contribution in [0.3, 0.4) is 0 Å². The van der Waals surface area contributed by atoms with E-state index in [-0.39, 0.29) is 35.8 Å². The molecule has 1 aromatic carbocycles. The summed E-state index contributed by atoms with van der Waals surface area (Å²) in [6.07, 6.45) is 1.50. The Bertz CT molecular complexity index is 985. The van der Waals surface area contributed by atoms with Gasteiger partial charge < -0.3 is 9.84 Å². The number of benzene rings is 1. The van der Waals surface area contributed by atoms with Crippen molar-refractivity contribution in [3.05, 3.63) is 51.3 Å². The molecule has 0 saturated carbocycles. The number of azo groups is 1. The van der Waals surface area contributed by atoms with Crippen LogP contribution < -0.4 is 5.56 Å². The zero-order valence-corrected chi connectivity index (χ0v) is 16.1. The molecule has 8 heteroatoms. The van der Waals surface area contributed by atoms with E-state index in [2.05, 4.69) is 10.2 Å². The summed E-state index contributed by atoms with van der Waals surface area (Å²) in [5, 5.41) is 27.9. The van der Waals surface area contributed by atoms with Crippen LogP contribution >= 0.6 is 0 Å². The molecule has 0 atom stereocenters. The van der Waals surface area contributed by atoms with Crippen LogP contribution in [0.15, 0.2) is 39.3 Å². The fourth-order valence-electron chi connectivity index (χ4n) is 2.57. The number of rotatable bonds is 7. The predicted molar refractivity (Wildman–Crippen MR) is 103 cm³/mol. The Labute approximate surface area is 162 Å². The van der Waals surface area contributed by atoms with Crippen LogP contribution in [0.2, 0.25) is 0 Å². The second-order valence-electron chi connectivity index (χ2n) is 6.06. The molecule has 0 aliphatic heterocycles. The van der Waals surface area contributed by atoms with Gasteiger partial charge in [0.15, 0.2) is 5.69 Å². The molecule has 0 fully saturated rings. The van der Waals surface area contributed by atoms with Crippen molar-refractivity contribution in [1.82, 2.24) is 4.57 Å². The lowest BCUT2D eigenvalue weighted by Gasteiger charge is -2.12. The van der Waals surface area contributed by atoms with Gasteiger partial charge in [-0.25, -0.2) is 4.79 Å². The molecule has 2 aromatic rings. The number of hydrogen-bond donors (Lipinski definition) is 1. The molecule has 0 unspecified atom stereocenters. The molecule has 0 aliphatic rings. The van der Waals surface area contributed by atoms with Gasteiger partial charge in [-0.05, 0) is 44.5 Å². The number of aromatic nitrogens is 1. The molecular formula is C20H22N4O4. The van der Waals surface area contributed by atoms with Gasteiger partial charge in [-0.15, -0.1) is 5.11 Å². The molecule has 0 amide bonds. The van der Waals surface area contributed by atoms with Crippen molar-refractivity contribution in [3.8, 4) is 11.9 Å². The van der Waals surface area contributed by atoms with Gasteiger partial charge in [0.1, 0.15) is 11.6 Å². The normalized spacial score (nSPS) is 10.8. The minimum absolute atomic E-state index is 0.0690. The van der Waals surface area contributed by atoms with Crippen molar-refractivity contribution in [2.75, 3.05) is 6.61 Å². The van der Waals surface area contributed by atoms with Crippen molar-refractivity contribution >= 4 is 17.3 Å². The fraction of sp³-hybridized carbons (Fsp3) is 0.350. The zero-order chi connectivity index (χ0) is 20.7. The number of carbonyl (C=O) groups excluding carboxylic acids is 1. The van der Waals surface area contributed by atoms with Crippen LogP contribution in [0, 0.1) is 18.3 Å². The van der Waals surface area contributed by atoms with Crippen LogP contribution in [0.25, 0.3) is 0 Å². The molecule has 1 aromatic heterocycles. The predicted octanol–water partition coefficient (Wildman–Crippen LogP) is 4.13. The van der Waals surface area contributed by atoms with Gasteiger partial charge in [-0.1, -0.05) is 13.3 Å². The molecule has 1 heterocycles. The summed E-state index contributed by atoms with van der Waals surface area (Å²) in [5.41, 5.74) is 0.562. The van der Waals surface area contributed by atoms with E-state index in [4.69, 9.17) is 4.74 Å². The number of nitriles is 1. The lowest BCUT2D eigenvalue weighted by molar-refractivity contribution is 0.0526. The van der Waals surface area contributed by atoms with Crippen LogP contribution in [0.1, 0.15) is 48.2 Å². The highest BCUT2D eigenvalue weighted by Gasteiger charge is 2.18. The van der Waals surface area contributed by atoms with E-state index in [0.717, 1.165) is 11.0 Å². The van der Waals surface area contributed by atoms with Gasteiger partial charge in [0.2, 0.25) is 5.88 Å². The number of esters is 1. The van der Waals surface area contributed by atoms with Gasteiger partial charge in [0.25, 0.3) is 5.56 Å². The Hall–Kier alpha value is -3.47. The summed E-state index contributed by atoms with van der Waals surface area (Å²) < 4.78 is 6.07. The van der Waals surface area contributed by atoms with Crippen molar-refractivity contribution < 1.29 is 14.6 Å². The highest BCUT2D eigenvalue weighted by atomic mass is 16.5. The second kappa shape index (κ2) is 9.46. The molecular weight excluding hydrogens is 360 g/mol. The highest BCUT2D eigenvalue weighted by Crippen LogP contribution is 2.32. The standard InChI is InChI=1S/C20H22N4O4/c1-4-6-11-24-18(25)16(12-21)13(3)17(19(24)26)23-22-15-9-7-14(8-10-15)20(27)28-5-2/h7-10,26H,4-6,11H2,1-3H3/b23-22+. The van der Waals surface area contributed by atoms with Crippen LogP contribution in [-0.4, -0.2) is 22.2 Å². The van der Waals surface area contributed by atoms with Crippen LogP contribution in [-0.2, 0) is 11.3 Å². The SMILES string of the molecule is CCCCn1c(O)c(/N=N/c2ccc(C(=O)OCC)cc2)c(C)c(C#N)c1=O. The van der Waals surface area contributed by atoms with E-state index in [9.17, 15) is 20.0 Å². The lowest BCUT2D eigenvalue weighted by atomic mass is 10.1. The summed E-state index contributed by atoms with van der Waals surface area (Å²) in [4.78, 5) is 24.1. The van der Waals surface area contributed by atoms with E-state index < -0.39 is 11.5 Å². The number of unbranched alkanes of at least 4 members (excludes halogenated alkanes) is 1. The van der Waals surface area contributed by atoms with Crippen LogP contribution in [0.4, 0.5) is 11.4 Å². The Kier molecular flexibility index (Phi) is 7.04. The monoisotopic (exact) mass is 382 g/mol. The first-order valence-electron chi connectivity index (χ1n) is 8.99. The Morgan fingerprint density at radius 3 is 2.50 bits per heavy atom. The molecule has 28 heavy (non-hydrogen) atoms. The summed E-state index contributed by atoms with van der Waals surface area (Å²) in [5.74, 6) is -0.747. The number of ether oxygens (including phenoxy) is 1. The third kappa shape index (κ3) is 4.43. The average molecular weight is 382 g/mol. The number of pyridine rings is 1. The van der Waals surface area contributed by atoms with Gasteiger partial charge in [0.05, 0.1) is 17.9 Å². The molecule has 146 valence electrons. The Morgan fingerprint density at radius 1 is 1.25 bits per heavy atom. The average Bonchev–Trinajstić information content (AvgIpc) is 2.69. The van der Waals surface area contributed by atoms with Crippen molar-refractivity contribution in [1.29, 1.82) is 5.26 Å². The number of aromatic hydroxyl groups is 1. The molecule has 0 aliphatic carbocycles. The highest BCUT2D eigenvalue weighted by molar-refractivity contribution is 5.89. The van der Waals surface area contributed by atoms with Gasteiger partial charge >= 0.3 is 5.97 Å². The van der Waals surface area contributed by atoms with Gasteiger partial charge in [0, 0.05) is 12.1 Å². The first-order valence-corrected chi connectivity index (χ1v) is 8.99. The van der Waals surface area contributed by atoms with E-state index in [1.54, 1.807) is 38.1 Å². The summed E-state index contributed by atoms with van der Waals surface area (Å²) >= 11 is 0. The summed E-state index contributed by atoms with van der Waals surface area (Å²) in [7, 11) is 0. The van der Waals surface area contributed by atoms with Crippen molar-refractivity contribution in [2.24, 2.45) is 10.2 Å². The Morgan fingerprint density at radius 2 is 1.93 bits per heavy atom. The maximum absolute atomic E-state index is 12.4. The number of hydrogen-bond acceptors (Lipinski definition) is 7. The molecule has 8 nitrogen and oxygen atoms in total. The zero-order valence-electron chi connectivity index (χ0n) is 16.1. The smallest absolute Gasteiger partial charge is 0.338 e. The molecule has 0 saturated heterocycles. The van der Waals surface area contributed by atoms with Crippen molar-refractivity contribution in [2.45, 2.75) is 40.2 Å². The minimum atomic E-state index is -0.538. The molecule has 1 N–H and O–H groups in total. The van der Waals surface area contributed by atoms with E-state index in [1.807, 2.05) is 13.0 Å². The van der Waals surface area contributed by atoms with Gasteiger partial charge in [-0.3, -0.25) is 9.36 Å². The van der Waals surface area contributed by atoms with E-state index in [0.29, 0.717) is 17.7 Å². The molecule has 0 radical (unpaired) electrons. The topological polar surface area (TPSA) is 117 Å². The largest absolute Gasteiger partial charge is 0.493 e. The maximum Gasteiger partial charge on any atom is 0.338 e. The van der Waals surface area contributed by atoms with Crippen LogP contribution in [0.5, 0.6) is 5.88 Å². The van der Waals surface area contributed by atoms with E-state index in [1.165, 1.54) is 0 Å². The minimum Gasteiger partial charge on any atom is -0.493 e. The third-order valence-corrected chi connectivity index (χ3v) is 4.15. The molecule has 0 bridgehead atoms. The maximum atomic E-state index is 12.4. The summed E-state index contributed by atoms with van der Waals surface area (Å²) in [6.45, 7) is 5.80. The van der Waals surface area contributed by atoms with Gasteiger partial charge in [-0.2, -0.15) is 10.4 Å². The fourth-order valence-corrected chi connectivity index (χ4v) is 2.57. The van der Waals surface area contributed by atoms with E-state index >= 15 is 0 Å². The van der Waals surface area contributed by atoms with Crippen molar-refractivity contribution in [3.63, 3.8) is 0 Å². The first kappa shape index (κ1) is 20.8. The number of carbonyl (C=O) groups is 1. The summed E-state index contributed by atoms with van der Waals surface area (Å²) in [6, 6.07) is 8.16. The second-order valence-corrected chi connectivity index (χ2v) is 6.06. The Balaban J connectivity index is 2.41. The first-order chi connectivity index (χ1) is 13.4. The number of nitrogens with zero attached hydrogens (tertiary/aromatic N) is 4. The third-order valence-electron chi connectivity index (χ3n) is 4.15. The molecule has 2 rings (SSSR count). The molecule has 0 spiro atoms. The lowest BCUT2D eigenvalue weighted by Crippen LogP contribution is -2.23.